The number of unbranched alkanes of at least 4 members (excludes halogenated alkanes) is 5. The lowest BCUT2D eigenvalue weighted by atomic mass is 10.1. The fourth-order valence-electron chi connectivity index (χ4n) is 2.09. The Kier molecular flexibility index (Phi) is 8.88. The minimum Gasteiger partial charge on any atom is -0.493 e. The number of halogens is 2. The SMILES string of the molecule is CCCCCCCCOc1c(CCl)cc(Cl)cc1OC. The van der Waals surface area contributed by atoms with Crippen LogP contribution >= 0.6 is 23.2 Å². The Bertz CT molecular complexity index is 369. The molecule has 1 rings (SSSR count). The second-order valence-electron chi connectivity index (χ2n) is 4.85. The van der Waals surface area contributed by atoms with Crippen LogP contribution < -0.4 is 9.47 Å². The first kappa shape index (κ1) is 17.5. The van der Waals surface area contributed by atoms with Gasteiger partial charge in [0.15, 0.2) is 11.5 Å². The summed E-state index contributed by atoms with van der Waals surface area (Å²) >= 11 is 12.0. The van der Waals surface area contributed by atoms with Crippen molar-refractivity contribution in [2.45, 2.75) is 51.3 Å². The molecule has 0 bridgehead atoms. The van der Waals surface area contributed by atoms with Gasteiger partial charge in [-0.1, -0.05) is 50.6 Å². The fourth-order valence-corrected chi connectivity index (χ4v) is 2.52. The van der Waals surface area contributed by atoms with E-state index in [0.717, 1.165) is 17.7 Å². The largest absolute Gasteiger partial charge is 0.493 e. The summed E-state index contributed by atoms with van der Waals surface area (Å²) in [5.41, 5.74) is 0.877. The third-order valence-corrected chi connectivity index (χ3v) is 3.71. The molecule has 0 aliphatic heterocycles. The van der Waals surface area contributed by atoms with Crippen LogP contribution in [0.4, 0.5) is 0 Å². The van der Waals surface area contributed by atoms with Crippen molar-refractivity contribution >= 4 is 23.2 Å². The van der Waals surface area contributed by atoms with E-state index < -0.39 is 0 Å². The minimum atomic E-state index is 0.364. The molecule has 0 N–H and O–H groups in total. The Morgan fingerprint density at radius 2 is 1.75 bits per heavy atom. The summed E-state index contributed by atoms with van der Waals surface area (Å²) in [4.78, 5) is 0. The number of hydrogen-bond donors (Lipinski definition) is 0. The van der Waals surface area contributed by atoms with Crippen LogP contribution in [0.3, 0.4) is 0 Å². The third-order valence-electron chi connectivity index (χ3n) is 3.20. The lowest BCUT2D eigenvalue weighted by molar-refractivity contribution is 0.282. The molecular weight excluding hydrogens is 295 g/mol. The van der Waals surface area contributed by atoms with E-state index in [1.165, 1.54) is 32.1 Å². The monoisotopic (exact) mass is 318 g/mol. The van der Waals surface area contributed by atoms with Gasteiger partial charge in [-0.25, -0.2) is 0 Å². The van der Waals surface area contributed by atoms with Crippen molar-refractivity contribution in [1.82, 2.24) is 0 Å². The lowest BCUT2D eigenvalue weighted by Gasteiger charge is -2.14. The van der Waals surface area contributed by atoms with Crippen molar-refractivity contribution in [2.24, 2.45) is 0 Å². The zero-order chi connectivity index (χ0) is 14.8. The Labute approximate surface area is 132 Å². The molecule has 0 heterocycles. The Balaban J connectivity index is 2.46. The molecule has 0 amide bonds. The molecule has 2 nitrogen and oxygen atoms in total. The summed E-state index contributed by atoms with van der Waals surface area (Å²) in [5.74, 6) is 1.74. The van der Waals surface area contributed by atoms with Crippen molar-refractivity contribution < 1.29 is 9.47 Å². The average molecular weight is 319 g/mol. The van der Waals surface area contributed by atoms with E-state index in [-0.39, 0.29) is 0 Å². The van der Waals surface area contributed by atoms with Gasteiger partial charge in [-0.3, -0.25) is 0 Å². The summed E-state index contributed by atoms with van der Waals surface area (Å²) < 4.78 is 11.2. The van der Waals surface area contributed by atoms with Crippen LogP contribution in [-0.4, -0.2) is 13.7 Å². The molecule has 0 atom stereocenters. The molecule has 114 valence electrons. The molecular formula is C16H24Cl2O2. The van der Waals surface area contributed by atoms with Crippen LogP contribution in [-0.2, 0) is 5.88 Å². The molecule has 0 spiro atoms. The molecule has 0 aliphatic rings. The van der Waals surface area contributed by atoms with Gasteiger partial charge in [0, 0.05) is 16.7 Å². The third kappa shape index (κ3) is 5.80. The number of benzene rings is 1. The molecule has 1 aromatic rings. The lowest BCUT2D eigenvalue weighted by Crippen LogP contribution is -2.02. The first-order valence-corrected chi connectivity index (χ1v) is 8.19. The second-order valence-corrected chi connectivity index (χ2v) is 5.55. The fraction of sp³-hybridized carbons (Fsp3) is 0.625. The normalized spacial score (nSPS) is 10.6. The van der Waals surface area contributed by atoms with Crippen LogP contribution in [0.2, 0.25) is 5.02 Å². The van der Waals surface area contributed by atoms with Gasteiger partial charge in [-0.15, -0.1) is 11.6 Å². The van der Waals surface area contributed by atoms with Crippen LogP contribution in [0.5, 0.6) is 11.5 Å². The van der Waals surface area contributed by atoms with E-state index in [1.54, 1.807) is 13.2 Å². The van der Waals surface area contributed by atoms with Crippen LogP contribution in [0.25, 0.3) is 0 Å². The summed E-state index contributed by atoms with van der Waals surface area (Å²) in [6, 6.07) is 3.59. The molecule has 4 heteroatoms. The summed E-state index contributed by atoms with van der Waals surface area (Å²) in [6.07, 6.45) is 7.44. The number of rotatable bonds is 10. The Morgan fingerprint density at radius 3 is 2.40 bits per heavy atom. The molecule has 1 aromatic carbocycles. The molecule has 0 saturated carbocycles. The predicted octanol–water partition coefficient (Wildman–Crippen LogP) is 5.83. The van der Waals surface area contributed by atoms with E-state index >= 15 is 0 Å². The molecule has 20 heavy (non-hydrogen) atoms. The molecule has 0 unspecified atom stereocenters. The second kappa shape index (κ2) is 10.2. The molecule has 0 aliphatic carbocycles. The van der Waals surface area contributed by atoms with Crippen molar-refractivity contribution in [1.29, 1.82) is 0 Å². The van der Waals surface area contributed by atoms with Gasteiger partial charge < -0.3 is 9.47 Å². The van der Waals surface area contributed by atoms with Crippen LogP contribution in [0.15, 0.2) is 12.1 Å². The maximum absolute atomic E-state index is 6.02. The highest BCUT2D eigenvalue weighted by molar-refractivity contribution is 6.31. The maximum atomic E-state index is 6.02. The number of alkyl halides is 1. The number of hydrogen-bond acceptors (Lipinski definition) is 2. The highest BCUT2D eigenvalue weighted by atomic mass is 35.5. The van der Waals surface area contributed by atoms with E-state index in [9.17, 15) is 0 Å². The van der Waals surface area contributed by atoms with Gasteiger partial charge in [-0.2, -0.15) is 0 Å². The van der Waals surface area contributed by atoms with Gasteiger partial charge in [0.2, 0.25) is 0 Å². The first-order valence-electron chi connectivity index (χ1n) is 7.28. The Morgan fingerprint density at radius 1 is 1.05 bits per heavy atom. The standard InChI is InChI=1S/C16H24Cl2O2/c1-3-4-5-6-7-8-9-20-16-13(12-17)10-14(18)11-15(16)19-2/h10-11H,3-9,12H2,1-2H3. The van der Waals surface area contributed by atoms with E-state index in [0.29, 0.717) is 23.3 Å². The van der Waals surface area contributed by atoms with Gasteiger partial charge in [0.05, 0.1) is 19.6 Å². The number of ether oxygens (including phenoxy) is 2. The van der Waals surface area contributed by atoms with E-state index in [1.807, 2.05) is 6.07 Å². The van der Waals surface area contributed by atoms with Crippen molar-refractivity contribution in [2.75, 3.05) is 13.7 Å². The van der Waals surface area contributed by atoms with Gasteiger partial charge in [0.1, 0.15) is 0 Å². The quantitative estimate of drug-likeness (QED) is 0.399. The maximum Gasteiger partial charge on any atom is 0.165 e. The zero-order valence-electron chi connectivity index (χ0n) is 12.4. The molecule has 0 radical (unpaired) electrons. The highest BCUT2D eigenvalue weighted by Crippen LogP contribution is 2.35. The summed E-state index contributed by atoms with van der Waals surface area (Å²) in [5, 5.41) is 0.615. The van der Waals surface area contributed by atoms with Crippen LogP contribution in [0.1, 0.15) is 51.0 Å². The summed E-state index contributed by atoms with van der Waals surface area (Å²) in [6.45, 7) is 2.91. The smallest absolute Gasteiger partial charge is 0.165 e. The minimum absolute atomic E-state index is 0.364. The van der Waals surface area contributed by atoms with E-state index in [2.05, 4.69) is 6.92 Å². The first-order chi connectivity index (χ1) is 9.72. The van der Waals surface area contributed by atoms with Gasteiger partial charge in [-0.05, 0) is 12.5 Å². The van der Waals surface area contributed by atoms with Gasteiger partial charge >= 0.3 is 0 Å². The van der Waals surface area contributed by atoms with E-state index in [4.69, 9.17) is 32.7 Å². The van der Waals surface area contributed by atoms with Gasteiger partial charge in [0.25, 0.3) is 0 Å². The highest BCUT2D eigenvalue weighted by Gasteiger charge is 2.12. The van der Waals surface area contributed by atoms with Crippen molar-refractivity contribution in [3.63, 3.8) is 0 Å². The van der Waals surface area contributed by atoms with Crippen molar-refractivity contribution in [3.8, 4) is 11.5 Å². The van der Waals surface area contributed by atoms with Crippen molar-refractivity contribution in [3.05, 3.63) is 22.7 Å². The topological polar surface area (TPSA) is 18.5 Å². The number of methoxy groups -OCH3 is 1. The average Bonchev–Trinajstić information content (AvgIpc) is 2.46. The Hall–Kier alpha value is -0.600. The molecule has 0 saturated heterocycles. The molecule has 0 aromatic heterocycles. The predicted molar refractivity (Wildman–Crippen MR) is 86.4 cm³/mol. The summed E-state index contributed by atoms with van der Waals surface area (Å²) in [7, 11) is 1.61. The molecule has 0 fully saturated rings. The zero-order valence-corrected chi connectivity index (χ0v) is 13.9. The van der Waals surface area contributed by atoms with Crippen LogP contribution in [0, 0.1) is 0 Å².